The van der Waals surface area contributed by atoms with Crippen molar-refractivity contribution in [3.8, 4) is 11.5 Å². The van der Waals surface area contributed by atoms with Crippen LogP contribution in [0.15, 0.2) is 48.5 Å². The lowest BCUT2D eigenvalue weighted by molar-refractivity contribution is -0.137. The number of carboxylic acid groups (broad SMARTS) is 1. The Labute approximate surface area is 167 Å². The maximum atomic E-state index is 12.9. The molecule has 0 aromatic heterocycles. The second kappa shape index (κ2) is 7.25. The van der Waals surface area contributed by atoms with Crippen LogP contribution in [0.4, 0.5) is 18.9 Å². The number of fused-ring (bicyclic) bond motifs is 2. The van der Waals surface area contributed by atoms with Crippen LogP contribution < -0.4 is 14.8 Å². The van der Waals surface area contributed by atoms with Crippen molar-refractivity contribution in [1.82, 2.24) is 0 Å². The summed E-state index contributed by atoms with van der Waals surface area (Å²) in [6, 6.07) is 10.1. The third kappa shape index (κ3) is 3.73. The standard InChI is InChI=1S/C21H14F3NO5/c22-21(23,24)14-4-3-11-7-13(2-1-12(11)8-14)19(26)25-16-10-18-17(29-5-6-30-18)9-15(16)20(27)28/h1-4,7-10H,5-6H2,(H,25,26)(H,27,28). The highest BCUT2D eigenvalue weighted by Gasteiger charge is 2.30. The highest BCUT2D eigenvalue weighted by atomic mass is 19.4. The predicted molar refractivity (Wildman–Crippen MR) is 101 cm³/mol. The van der Waals surface area contributed by atoms with E-state index >= 15 is 0 Å². The molecule has 3 aromatic rings. The number of nitrogens with one attached hydrogen (secondary N) is 1. The molecule has 30 heavy (non-hydrogen) atoms. The topological polar surface area (TPSA) is 84.9 Å². The number of hydrogen-bond donors (Lipinski definition) is 2. The van der Waals surface area contributed by atoms with Crippen molar-refractivity contribution in [1.29, 1.82) is 0 Å². The van der Waals surface area contributed by atoms with Gasteiger partial charge in [-0.3, -0.25) is 4.79 Å². The van der Waals surface area contributed by atoms with Crippen LogP contribution in [0, 0.1) is 0 Å². The maximum absolute atomic E-state index is 12.9. The van der Waals surface area contributed by atoms with Gasteiger partial charge in [0.25, 0.3) is 5.91 Å². The lowest BCUT2D eigenvalue weighted by atomic mass is 10.0. The fraction of sp³-hybridized carbons (Fsp3) is 0.143. The van der Waals surface area contributed by atoms with E-state index in [1.165, 1.54) is 36.4 Å². The molecule has 154 valence electrons. The van der Waals surface area contributed by atoms with Gasteiger partial charge in [0.2, 0.25) is 0 Å². The maximum Gasteiger partial charge on any atom is 0.416 e. The normalized spacial score (nSPS) is 13.2. The number of anilines is 1. The zero-order valence-corrected chi connectivity index (χ0v) is 15.2. The van der Waals surface area contributed by atoms with E-state index in [1.807, 2.05) is 0 Å². The minimum atomic E-state index is -4.46. The molecule has 0 saturated heterocycles. The van der Waals surface area contributed by atoms with Crippen molar-refractivity contribution in [3.05, 3.63) is 65.2 Å². The van der Waals surface area contributed by atoms with E-state index in [2.05, 4.69) is 5.32 Å². The van der Waals surface area contributed by atoms with Gasteiger partial charge >= 0.3 is 12.1 Å². The van der Waals surface area contributed by atoms with E-state index in [0.717, 1.165) is 12.1 Å². The van der Waals surface area contributed by atoms with E-state index in [-0.39, 0.29) is 35.8 Å². The minimum absolute atomic E-state index is 0.0178. The second-order valence-electron chi connectivity index (χ2n) is 6.58. The van der Waals surface area contributed by atoms with E-state index in [4.69, 9.17) is 9.47 Å². The average molecular weight is 417 g/mol. The number of halogens is 3. The number of hydrogen-bond acceptors (Lipinski definition) is 4. The molecule has 3 aromatic carbocycles. The number of rotatable bonds is 3. The van der Waals surface area contributed by atoms with Crippen molar-refractivity contribution >= 4 is 28.3 Å². The first kappa shape index (κ1) is 19.6. The Balaban J connectivity index is 1.65. The van der Waals surface area contributed by atoms with Gasteiger partial charge in [-0.1, -0.05) is 12.1 Å². The second-order valence-corrected chi connectivity index (χ2v) is 6.58. The number of amides is 1. The van der Waals surface area contributed by atoms with E-state index in [0.29, 0.717) is 16.5 Å². The number of alkyl halides is 3. The first-order valence-corrected chi connectivity index (χ1v) is 8.82. The largest absolute Gasteiger partial charge is 0.486 e. The first-order valence-electron chi connectivity index (χ1n) is 8.82. The highest BCUT2D eigenvalue weighted by Crippen LogP contribution is 2.36. The van der Waals surface area contributed by atoms with Gasteiger partial charge in [-0.05, 0) is 35.0 Å². The summed E-state index contributed by atoms with van der Waals surface area (Å²) in [6.45, 7) is 0.572. The lowest BCUT2D eigenvalue weighted by Crippen LogP contribution is -2.19. The summed E-state index contributed by atoms with van der Waals surface area (Å²) in [4.78, 5) is 24.2. The number of carbonyl (C=O) groups is 2. The van der Waals surface area contributed by atoms with Gasteiger partial charge in [0.05, 0.1) is 16.8 Å². The Morgan fingerprint density at radius 2 is 1.53 bits per heavy atom. The van der Waals surface area contributed by atoms with Gasteiger partial charge in [-0.15, -0.1) is 0 Å². The van der Waals surface area contributed by atoms with Crippen molar-refractivity contribution in [2.45, 2.75) is 6.18 Å². The van der Waals surface area contributed by atoms with Crippen molar-refractivity contribution in [2.24, 2.45) is 0 Å². The van der Waals surface area contributed by atoms with Crippen LogP contribution in [0.3, 0.4) is 0 Å². The fourth-order valence-electron chi connectivity index (χ4n) is 3.13. The highest BCUT2D eigenvalue weighted by molar-refractivity contribution is 6.09. The lowest BCUT2D eigenvalue weighted by Gasteiger charge is -2.20. The van der Waals surface area contributed by atoms with Gasteiger partial charge in [-0.25, -0.2) is 4.79 Å². The first-order chi connectivity index (χ1) is 14.2. The Hall–Kier alpha value is -3.75. The Bertz CT molecular complexity index is 1170. The van der Waals surface area contributed by atoms with Crippen LogP contribution in [0.5, 0.6) is 11.5 Å². The smallest absolute Gasteiger partial charge is 0.416 e. The third-order valence-corrected chi connectivity index (χ3v) is 4.59. The Kier molecular flexibility index (Phi) is 4.73. The molecule has 1 aliphatic rings. The van der Waals surface area contributed by atoms with Crippen LogP contribution in [-0.4, -0.2) is 30.2 Å². The van der Waals surface area contributed by atoms with Gasteiger partial charge in [0.1, 0.15) is 13.2 Å². The van der Waals surface area contributed by atoms with E-state index < -0.39 is 23.6 Å². The van der Waals surface area contributed by atoms with Crippen molar-refractivity contribution in [2.75, 3.05) is 18.5 Å². The van der Waals surface area contributed by atoms with Crippen molar-refractivity contribution in [3.63, 3.8) is 0 Å². The Morgan fingerprint density at radius 3 is 2.20 bits per heavy atom. The molecule has 0 atom stereocenters. The van der Waals surface area contributed by atoms with E-state index in [1.54, 1.807) is 0 Å². The molecule has 0 aliphatic carbocycles. The number of ether oxygens (including phenoxy) is 2. The zero-order chi connectivity index (χ0) is 21.5. The molecule has 0 unspecified atom stereocenters. The number of benzene rings is 3. The molecule has 1 heterocycles. The van der Waals surface area contributed by atoms with Crippen LogP contribution in [-0.2, 0) is 6.18 Å². The van der Waals surface area contributed by atoms with Gasteiger partial charge < -0.3 is 19.9 Å². The number of carbonyl (C=O) groups excluding carboxylic acids is 1. The van der Waals surface area contributed by atoms with Crippen LogP contribution >= 0.6 is 0 Å². The monoisotopic (exact) mass is 417 g/mol. The molecule has 0 fully saturated rings. The minimum Gasteiger partial charge on any atom is -0.486 e. The summed E-state index contributed by atoms with van der Waals surface area (Å²) >= 11 is 0. The van der Waals surface area contributed by atoms with Gasteiger partial charge in [0, 0.05) is 17.7 Å². The SMILES string of the molecule is O=C(Nc1cc2c(cc1C(=O)O)OCCO2)c1ccc2cc(C(F)(F)F)ccc2c1. The van der Waals surface area contributed by atoms with Crippen LogP contribution in [0.2, 0.25) is 0 Å². The third-order valence-electron chi connectivity index (χ3n) is 4.59. The van der Waals surface area contributed by atoms with E-state index in [9.17, 15) is 27.9 Å². The molecule has 6 nitrogen and oxygen atoms in total. The van der Waals surface area contributed by atoms with Gasteiger partial charge in [-0.2, -0.15) is 13.2 Å². The average Bonchev–Trinajstić information content (AvgIpc) is 2.71. The number of aromatic carboxylic acids is 1. The molecule has 9 heteroatoms. The summed E-state index contributed by atoms with van der Waals surface area (Å²) in [7, 11) is 0. The molecule has 4 rings (SSSR count). The molecule has 1 aliphatic heterocycles. The Morgan fingerprint density at radius 1 is 0.900 bits per heavy atom. The molecule has 0 spiro atoms. The molecular formula is C21H14F3NO5. The summed E-state index contributed by atoms with van der Waals surface area (Å²) in [6.07, 6.45) is -4.46. The summed E-state index contributed by atoms with van der Waals surface area (Å²) < 4.78 is 49.4. The summed E-state index contributed by atoms with van der Waals surface area (Å²) in [5.41, 5.74) is -0.782. The summed E-state index contributed by atoms with van der Waals surface area (Å²) in [5, 5.41) is 12.7. The van der Waals surface area contributed by atoms with Crippen LogP contribution in [0.25, 0.3) is 10.8 Å². The number of carboxylic acids is 1. The van der Waals surface area contributed by atoms with Gasteiger partial charge in [0.15, 0.2) is 11.5 Å². The fourth-order valence-corrected chi connectivity index (χ4v) is 3.13. The molecule has 0 saturated carbocycles. The quantitative estimate of drug-likeness (QED) is 0.652. The molecule has 2 N–H and O–H groups in total. The predicted octanol–water partition coefficient (Wildman–Crippen LogP) is 4.58. The van der Waals surface area contributed by atoms with Crippen LogP contribution in [0.1, 0.15) is 26.3 Å². The van der Waals surface area contributed by atoms with Crippen molar-refractivity contribution < 1.29 is 37.3 Å². The molecule has 1 amide bonds. The molecule has 0 radical (unpaired) electrons. The summed E-state index contributed by atoms with van der Waals surface area (Å²) in [5.74, 6) is -1.31. The molecule has 0 bridgehead atoms. The molecular weight excluding hydrogens is 403 g/mol. The zero-order valence-electron chi connectivity index (χ0n) is 15.2.